The highest BCUT2D eigenvalue weighted by Crippen LogP contribution is 2.56. The van der Waals surface area contributed by atoms with Crippen molar-refractivity contribution in [3.05, 3.63) is 57.5 Å². The number of hydrogen-bond acceptors (Lipinski definition) is 5. The third-order valence-corrected chi connectivity index (χ3v) is 8.13. The minimum Gasteiger partial charge on any atom is -0.342 e. The summed E-state index contributed by atoms with van der Waals surface area (Å²) >= 11 is 0. The van der Waals surface area contributed by atoms with Gasteiger partial charge in [-0.15, -0.1) is 0 Å². The van der Waals surface area contributed by atoms with Crippen LogP contribution in [-0.4, -0.2) is 50.3 Å². The van der Waals surface area contributed by atoms with Crippen molar-refractivity contribution in [2.75, 3.05) is 19.6 Å². The third-order valence-electron chi connectivity index (χ3n) is 8.13. The summed E-state index contributed by atoms with van der Waals surface area (Å²) in [5.74, 6) is 2.80. The molecule has 0 spiro atoms. The highest BCUT2D eigenvalue weighted by Gasteiger charge is 2.56. The predicted octanol–water partition coefficient (Wildman–Crippen LogP) is 2.48. The standard InChI is InChI=1S/C25H31N5O2/c31-24-20-8-10-29(13-16-4-3-9-26-12-16)15-21(20)27-23(28-24)17-7-11-30(14-17)25(32)22-18-5-1-2-6-19(18)22/h3-4,9,12,17-19,22H,1-2,5-8,10-11,13-15H2,(H,27,28,31)/t17-,18+,19+/m0/s1. The summed E-state index contributed by atoms with van der Waals surface area (Å²) < 4.78 is 0. The summed E-state index contributed by atoms with van der Waals surface area (Å²) in [6.45, 7) is 3.82. The van der Waals surface area contributed by atoms with Crippen LogP contribution in [0.1, 0.15) is 60.7 Å². The van der Waals surface area contributed by atoms with E-state index < -0.39 is 0 Å². The van der Waals surface area contributed by atoms with E-state index in [1.54, 1.807) is 6.20 Å². The van der Waals surface area contributed by atoms with Crippen molar-refractivity contribution in [3.8, 4) is 0 Å². The number of nitrogens with one attached hydrogen (secondary N) is 1. The van der Waals surface area contributed by atoms with E-state index in [2.05, 4.69) is 20.9 Å². The lowest BCUT2D eigenvalue weighted by atomic mass is 10.0. The van der Waals surface area contributed by atoms with E-state index in [1.807, 2.05) is 17.2 Å². The maximum Gasteiger partial charge on any atom is 0.254 e. The first kappa shape index (κ1) is 20.1. The fraction of sp³-hybridized carbons (Fsp3) is 0.600. The molecule has 168 valence electrons. The second kappa shape index (κ2) is 8.10. The van der Waals surface area contributed by atoms with Crippen LogP contribution in [0.15, 0.2) is 29.3 Å². The molecule has 7 nitrogen and oxygen atoms in total. The molecule has 2 aliphatic heterocycles. The van der Waals surface area contributed by atoms with Crippen LogP contribution in [0, 0.1) is 17.8 Å². The highest BCUT2D eigenvalue weighted by molar-refractivity contribution is 5.82. The normalized spacial score (nSPS) is 29.4. The molecule has 1 saturated heterocycles. The summed E-state index contributed by atoms with van der Waals surface area (Å²) in [5.41, 5.74) is 2.90. The van der Waals surface area contributed by atoms with Crippen molar-refractivity contribution in [3.63, 3.8) is 0 Å². The van der Waals surface area contributed by atoms with Gasteiger partial charge in [0.15, 0.2) is 0 Å². The Bertz CT molecular complexity index is 1060. The fourth-order valence-electron chi connectivity index (χ4n) is 6.34. The van der Waals surface area contributed by atoms with Gasteiger partial charge in [0.05, 0.1) is 5.69 Å². The minimum absolute atomic E-state index is 0.00372. The summed E-state index contributed by atoms with van der Waals surface area (Å²) in [6.07, 6.45) is 10.3. The molecule has 2 aliphatic carbocycles. The Hall–Kier alpha value is -2.54. The number of pyridine rings is 1. The topological polar surface area (TPSA) is 82.2 Å². The maximum absolute atomic E-state index is 13.1. The lowest BCUT2D eigenvalue weighted by Gasteiger charge is -2.28. The molecule has 4 heterocycles. The smallest absolute Gasteiger partial charge is 0.254 e. The molecule has 0 radical (unpaired) electrons. The number of amides is 1. The number of carbonyl (C=O) groups is 1. The number of fused-ring (bicyclic) bond motifs is 2. The van der Waals surface area contributed by atoms with Crippen molar-refractivity contribution < 1.29 is 4.79 Å². The number of hydrogen-bond donors (Lipinski definition) is 1. The van der Waals surface area contributed by atoms with E-state index in [1.165, 1.54) is 31.2 Å². The first-order valence-corrected chi connectivity index (χ1v) is 12.2. The third kappa shape index (κ3) is 3.66. The molecule has 32 heavy (non-hydrogen) atoms. The molecular weight excluding hydrogens is 402 g/mol. The molecule has 0 aromatic carbocycles. The van der Waals surface area contributed by atoms with E-state index in [0.29, 0.717) is 30.8 Å². The number of H-pyrrole nitrogens is 1. The number of likely N-dealkylation sites (tertiary alicyclic amines) is 1. The van der Waals surface area contributed by atoms with Gasteiger partial charge in [-0.25, -0.2) is 4.98 Å². The molecule has 1 N–H and O–H groups in total. The molecule has 2 saturated carbocycles. The van der Waals surface area contributed by atoms with Gasteiger partial charge in [-0.1, -0.05) is 18.9 Å². The Morgan fingerprint density at radius 3 is 2.78 bits per heavy atom. The number of aromatic nitrogens is 3. The molecule has 0 unspecified atom stereocenters. The molecular formula is C25H31N5O2. The second-order valence-electron chi connectivity index (χ2n) is 10.1. The van der Waals surface area contributed by atoms with Gasteiger partial charge in [0, 0.05) is 62.5 Å². The van der Waals surface area contributed by atoms with E-state index >= 15 is 0 Å². The van der Waals surface area contributed by atoms with Crippen LogP contribution in [0.4, 0.5) is 0 Å². The van der Waals surface area contributed by atoms with Gasteiger partial charge in [-0.05, 0) is 49.1 Å². The summed E-state index contributed by atoms with van der Waals surface area (Å²) in [4.78, 5) is 42.5. The molecule has 7 heteroatoms. The average Bonchev–Trinajstić information content (AvgIpc) is 3.33. The van der Waals surface area contributed by atoms with Gasteiger partial charge < -0.3 is 9.88 Å². The molecule has 4 aliphatic rings. The van der Waals surface area contributed by atoms with Gasteiger partial charge >= 0.3 is 0 Å². The van der Waals surface area contributed by atoms with Crippen molar-refractivity contribution in [2.24, 2.45) is 17.8 Å². The Morgan fingerprint density at radius 2 is 2.00 bits per heavy atom. The fourth-order valence-corrected chi connectivity index (χ4v) is 6.34. The zero-order chi connectivity index (χ0) is 21.7. The molecule has 2 aromatic heterocycles. The molecule has 3 atom stereocenters. The highest BCUT2D eigenvalue weighted by atomic mass is 16.2. The molecule has 2 aromatic rings. The van der Waals surface area contributed by atoms with Gasteiger partial charge in [0.1, 0.15) is 5.82 Å². The summed E-state index contributed by atoms with van der Waals surface area (Å²) in [6, 6.07) is 4.04. The van der Waals surface area contributed by atoms with Crippen molar-refractivity contribution in [1.82, 2.24) is 24.8 Å². The SMILES string of the molecule is O=C(C1[C@@H]2CCCC[C@@H]12)N1CC[C@H](c2nc3c(c(=O)[nH]2)CCN(Cc2cccnc2)C3)C1. The van der Waals surface area contributed by atoms with Crippen LogP contribution in [0.25, 0.3) is 0 Å². The van der Waals surface area contributed by atoms with Gasteiger partial charge in [0.2, 0.25) is 5.91 Å². The first-order valence-electron chi connectivity index (χ1n) is 12.2. The Balaban J connectivity index is 1.15. The van der Waals surface area contributed by atoms with Crippen LogP contribution in [0.3, 0.4) is 0 Å². The van der Waals surface area contributed by atoms with E-state index in [9.17, 15) is 9.59 Å². The number of nitrogens with zero attached hydrogens (tertiary/aromatic N) is 4. The van der Waals surface area contributed by atoms with Crippen LogP contribution in [-0.2, 0) is 24.3 Å². The zero-order valence-electron chi connectivity index (χ0n) is 18.5. The van der Waals surface area contributed by atoms with Gasteiger partial charge in [0.25, 0.3) is 5.56 Å². The second-order valence-corrected chi connectivity index (χ2v) is 10.1. The first-order chi connectivity index (χ1) is 15.7. The lowest BCUT2D eigenvalue weighted by Crippen LogP contribution is -2.36. The van der Waals surface area contributed by atoms with Gasteiger partial charge in [-0.3, -0.25) is 19.5 Å². The zero-order valence-corrected chi connectivity index (χ0v) is 18.5. The Morgan fingerprint density at radius 1 is 1.16 bits per heavy atom. The Kier molecular flexibility index (Phi) is 5.09. The number of carbonyl (C=O) groups excluding carboxylic acids is 1. The maximum atomic E-state index is 13.1. The van der Waals surface area contributed by atoms with Crippen LogP contribution >= 0.6 is 0 Å². The monoisotopic (exact) mass is 433 g/mol. The van der Waals surface area contributed by atoms with Crippen molar-refractivity contribution >= 4 is 5.91 Å². The number of rotatable bonds is 4. The summed E-state index contributed by atoms with van der Waals surface area (Å²) in [5, 5.41) is 0. The van der Waals surface area contributed by atoms with E-state index in [-0.39, 0.29) is 17.4 Å². The van der Waals surface area contributed by atoms with Crippen LogP contribution < -0.4 is 5.56 Å². The lowest BCUT2D eigenvalue weighted by molar-refractivity contribution is -0.132. The van der Waals surface area contributed by atoms with Crippen molar-refractivity contribution in [1.29, 1.82) is 0 Å². The predicted molar refractivity (Wildman–Crippen MR) is 120 cm³/mol. The Labute approximate surface area is 188 Å². The van der Waals surface area contributed by atoms with E-state index in [4.69, 9.17) is 4.98 Å². The van der Waals surface area contributed by atoms with Crippen LogP contribution in [0.5, 0.6) is 0 Å². The van der Waals surface area contributed by atoms with Crippen molar-refractivity contribution in [2.45, 2.75) is 57.5 Å². The molecule has 6 rings (SSSR count). The summed E-state index contributed by atoms with van der Waals surface area (Å²) in [7, 11) is 0. The van der Waals surface area contributed by atoms with E-state index in [0.717, 1.165) is 49.6 Å². The minimum atomic E-state index is 0.00372. The molecule has 3 fully saturated rings. The largest absolute Gasteiger partial charge is 0.342 e. The quantitative estimate of drug-likeness (QED) is 0.801. The number of aromatic amines is 1. The van der Waals surface area contributed by atoms with Crippen LogP contribution in [0.2, 0.25) is 0 Å². The molecule has 1 amide bonds. The van der Waals surface area contributed by atoms with Gasteiger partial charge in [-0.2, -0.15) is 0 Å². The molecule has 0 bridgehead atoms. The average molecular weight is 434 g/mol.